The van der Waals surface area contributed by atoms with Crippen LogP contribution in [0.4, 0.5) is 11.4 Å². The summed E-state index contributed by atoms with van der Waals surface area (Å²) in [6.45, 7) is 3.63. The molecule has 13 heteroatoms. The number of sulfonamides is 2. The van der Waals surface area contributed by atoms with Crippen LogP contribution in [-0.4, -0.2) is 63.5 Å². The number of aryl methyl sites for hydroxylation is 3. The molecule has 0 aromatic heterocycles. The maximum atomic E-state index is 13.5. The summed E-state index contributed by atoms with van der Waals surface area (Å²) in [6, 6.07) is 22.8. The van der Waals surface area contributed by atoms with Crippen LogP contribution in [0.5, 0.6) is 5.75 Å². The molecule has 4 aromatic carbocycles. The number of amides is 2. The number of phenolic OH excluding ortho intramolecular Hbond substituents is 1. The lowest BCUT2D eigenvalue weighted by atomic mass is 10.1. The molecule has 0 bridgehead atoms. The van der Waals surface area contributed by atoms with E-state index in [0.29, 0.717) is 28.9 Å². The molecule has 0 heterocycles. The average molecular weight is 693 g/mol. The number of rotatable bonds is 13. The molecule has 0 saturated heterocycles. The van der Waals surface area contributed by atoms with Crippen molar-refractivity contribution in [3.8, 4) is 5.75 Å². The molecule has 0 fully saturated rings. The summed E-state index contributed by atoms with van der Waals surface area (Å²) < 4.78 is 54.4. The molecule has 2 amide bonds. The van der Waals surface area contributed by atoms with Crippen molar-refractivity contribution in [2.75, 3.05) is 31.8 Å². The monoisotopic (exact) mass is 692 g/mol. The normalized spacial score (nSPS) is 11.9. The maximum absolute atomic E-state index is 13.5. The van der Waals surface area contributed by atoms with Crippen molar-refractivity contribution in [1.82, 2.24) is 8.61 Å². The fourth-order valence-corrected chi connectivity index (χ4v) is 6.99. The van der Waals surface area contributed by atoms with Crippen molar-refractivity contribution in [3.63, 3.8) is 0 Å². The lowest BCUT2D eigenvalue weighted by Crippen LogP contribution is -2.27. The molecule has 0 spiro atoms. The molecule has 11 nitrogen and oxygen atoms in total. The predicted molar refractivity (Wildman–Crippen MR) is 186 cm³/mol. The summed E-state index contributed by atoms with van der Waals surface area (Å²) in [4.78, 5) is 25.6. The SMILES string of the molecule is Cc1ccc(S(=O)(=O)N(C)C)cc1NC(=O)CCc1cccc(CN(C)S(=O)(=O)c2ccc(C)c(NC(=O)Cc3ccc(O)cc3)c2)c1. The molecule has 0 aliphatic rings. The van der Waals surface area contributed by atoms with E-state index in [1.807, 2.05) is 12.1 Å². The number of hydrogen-bond donors (Lipinski definition) is 3. The third kappa shape index (κ3) is 9.07. The van der Waals surface area contributed by atoms with Crippen LogP contribution < -0.4 is 10.6 Å². The lowest BCUT2D eigenvalue weighted by molar-refractivity contribution is -0.116. The van der Waals surface area contributed by atoms with E-state index in [1.165, 1.54) is 61.8 Å². The standard InChI is InChI=1S/C35H40N4O7S2/c1-24-9-16-30(47(43,44)38(3)4)21-32(24)36-34(41)18-13-26-7-6-8-28(19-26)23-39(5)48(45,46)31-17-10-25(2)33(22-31)37-35(42)20-27-11-14-29(40)15-12-27/h6-12,14-17,19,21-22,40H,13,18,20,23H2,1-5H3,(H,36,41)(H,37,42). The average Bonchev–Trinajstić information content (AvgIpc) is 3.03. The molecule has 0 unspecified atom stereocenters. The van der Waals surface area contributed by atoms with Gasteiger partial charge in [0.25, 0.3) is 0 Å². The number of anilines is 2. The second-order valence-electron chi connectivity index (χ2n) is 11.8. The van der Waals surface area contributed by atoms with Gasteiger partial charge in [-0.3, -0.25) is 9.59 Å². The van der Waals surface area contributed by atoms with Crippen molar-refractivity contribution < 1.29 is 31.5 Å². The Morgan fingerprint density at radius 1 is 0.667 bits per heavy atom. The Kier molecular flexibility index (Phi) is 11.4. The molecular formula is C35H40N4O7S2. The number of phenols is 1. The number of carbonyl (C=O) groups excluding carboxylic acids is 2. The predicted octanol–water partition coefficient (Wildman–Crippen LogP) is 4.83. The second-order valence-corrected chi connectivity index (χ2v) is 16.0. The van der Waals surface area contributed by atoms with Crippen molar-refractivity contribution in [2.24, 2.45) is 0 Å². The molecule has 0 aliphatic heterocycles. The van der Waals surface area contributed by atoms with Gasteiger partial charge < -0.3 is 15.7 Å². The van der Waals surface area contributed by atoms with Crippen LogP contribution in [0.3, 0.4) is 0 Å². The van der Waals surface area contributed by atoms with Gasteiger partial charge in [-0.15, -0.1) is 0 Å². The van der Waals surface area contributed by atoms with E-state index in [9.17, 15) is 31.5 Å². The number of nitrogens with one attached hydrogen (secondary N) is 2. The van der Waals surface area contributed by atoms with Gasteiger partial charge >= 0.3 is 0 Å². The second kappa shape index (κ2) is 15.1. The Balaban J connectivity index is 1.39. The van der Waals surface area contributed by atoms with E-state index in [0.717, 1.165) is 21.0 Å². The highest BCUT2D eigenvalue weighted by atomic mass is 32.2. The first-order chi connectivity index (χ1) is 22.6. The molecule has 48 heavy (non-hydrogen) atoms. The Morgan fingerprint density at radius 3 is 1.79 bits per heavy atom. The van der Waals surface area contributed by atoms with E-state index in [1.54, 1.807) is 50.2 Å². The van der Waals surface area contributed by atoms with Gasteiger partial charge in [-0.2, -0.15) is 4.31 Å². The summed E-state index contributed by atoms with van der Waals surface area (Å²) in [7, 11) is -3.23. The minimum Gasteiger partial charge on any atom is -0.508 e. The van der Waals surface area contributed by atoms with Gasteiger partial charge in [0.15, 0.2) is 0 Å². The summed E-state index contributed by atoms with van der Waals surface area (Å²) in [6.07, 6.45) is 0.574. The van der Waals surface area contributed by atoms with E-state index in [-0.39, 0.29) is 46.7 Å². The summed E-state index contributed by atoms with van der Waals surface area (Å²) in [5, 5.41) is 15.1. The van der Waals surface area contributed by atoms with E-state index < -0.39 is 20.0 Å². The smallest absolute Gasteiger partial charge is 0.243 e. The van der Waals surface area contributed by atoms with Crippen LogP contribution in [0.15, 0.2) is 94.7 Å². The third-order valence-electron chi connectivity index (χ3n) is 7.79. The fraction of sp³-hybridized carbons (Fsp3) is 0.257. The highest BCUT2D eigenvalue weighted by molar-refractivity contribution is 7.89. The molecule has 4 rings (SSSR count). The van der Waals surface area contributed by atoms with Crippen molar-refractivity contribution >= 4 is 43.2 Å². The van der Waals surface area contributed by atoms with Crippen LogP contribution in [-0.2, 0) is 49.0 Å². The Morgan fingerprint density at radius 2 is 1.21 bits per heavy atom. The summed E-state index contributed by atoms with van der Waals surface area (Å²) in [5.41, 5.74) is 4.49. The number of benzene rings is 4. The van der Waals surface area contributed by atoms with Crippen molar-refractivity contribution in [3.05, 3.63) is 113 Å². The summed E-state index contributed by atoms with van der Waals surface area (Å²) in [5.74, 6) is -0.506. The number of hydrogen-bond acceptors (Lipinski definition) is 7. The molecule has 0 saturated carbocycles. The quantitative estimate of drug-likeness (QED) is 0.181. The van der Waals surface area contributed by atoms with Gasteiger partial charge in [-0.05, 0) is 84.5 Å². The van der Waals surface area contributed by atoms with Crippen LogP contribution in [0, 0.1) is 13.8 Å². The van der Waals surface area contributed by atoms with E-state index in [4.69, 9.17) is 0 Å². The van der Waals surface area contributed by atoms with Gasteiger partial charge in [0.1, 0.15) is 5.75 Å². The van der Waals surface area contributed by atoms with Gasteiger partial charge in [0.05, 0.1) is 16.2 Å². The minimum atomic E-state index is -3.93. The molecular weight excluding hydrogens is 653 g/mol. The van der Waals surface area contributed by atoms with E-state index >= 15 is 0 Å². The van der Waals surface area contributed by atoms with E-state index in [2.05, 4.69) is 10.6 Å². The van der Waals surface area contributed by atoms with Gasteiger partial charge in [-0.25, -0.2) is 21.1 Å². The van der Waals surface area contributed by atoms with Gasteiger partial charge in [0, 0.05) is 45.5 Å². The maximum Gasteiger partial charge on any atom is 0.243 e. The Hall–Kier alpha value is -4.56. The Bertz CT molecular complexity index is 2030. The molecule has 0 radical (unpaired) electrons. The molecule has 3 N–H and O–H groups in total. The zero-order valence-electron chi connectivity index (χ0n) is 27.5. The third-order valence-corrected chi connectivity index (χ3v) is 11.4. The van der Waals surface area contributed by atoms with Gasteiger partial charge in [0.2, 0.25) is 31.9 Å². The molecule has 0 aliphatic carbocycles. The van der Waals surface area contributed by atoms with Crippen LogP contribution in [0.2, 0.25) is 0 Å². The minimum absolute atomic E-state index is 0.0288. The number of nitrogens with zero attached hydrogens (tertiary/aromatic N) is 2. The van der Waals surface area contributed by atoms with Crippen LogP contribution >= 0.6 is 0 Å². The van der Waals surface area contributed by atoms with Gasteiger partial charge in [-0.1, -0.05) is 48.5 Å². The highest BCUT2D eigenvalue weighted by Gasteiger charge is 2.23. The first-order valence-electron chi connectivity index (χ1n) is 15.1. The van der Waals surface area contributed by atoms with Crippen molar-refractivity contribution in [2.45, 2.75) is 49.4 Å². The summed E-state index contributed by atoms with van der Waals surface area (Å²) >= 11 is 0. The van der Waals surface area contributed by atoms with Crippen LogP contribution in [0.1, 0.15) is 34.2 Å². The first-order valence-corrected chi connectivity index (χ1v) is 18.0. The first kappa shape index (κ1) is 36.3. The lowest BCUT2D eigenvalue weighted by Gasteiger charge is -2.19. The Labute approximate surface area is 282 Å². The zero-order chi connectivity index (χ0) is 35.2. The number of carbonyl (C=O) groups is 2. The molecule has 254 valence electrons. The number of aromatic hydroxyl groups is 1. The zero-order valence-corrected chi connectivity index (χ0v) is 29.2. The molecule has 0 atom stereocenters. The molecule has 4 aromatic rings. The topological polar surface area (TPSA) is 153 Å². The fourth-order valence-electron chi connectivity index (χ4n) is 4.87. The largest absolute Gasteiger partial charge is 0.508 e. The van der Waals surface area contributed by atoms with Crippen LogP contribution in [0.25, 0.3) is 0 Å². The van der Waals surface area contributed by atoms with Crippen molar-refractivity contribution in [1.29, 1.82) is 0 Å². The highest BCUT2D eigenvalue weighted by Crippen LogP contribution is 2.25.